The number of hydrogen-bond donors (Lipinski definition) is 1. The van der Waals surface area contributed by atoms with E-state index in [0.29, 0.717) is 5.92 Å². The molecule has 1 heterocycles. The van der Waals surface area contributed by atoms with Crippen LogP contribution in [0.3, 0.4) is 0 Å². The second kappa shape index (κ2) is 3.36. The van der Waals surface area contributed by atoms with E-state index in [2.05, 4.69) is 32.7 Å². The van der Waals surface area contributed by atoms with Crippen LogP contribution >= 0.6 is 0 Å². The predicted molar refractivity (Wildman–Crippen MR) is 72.1 cm³/mol. The molecule has 3 rings (SSSR count). The number of aliphatic hydroxyl groups is 1. The lowest BCUT2D eigenvalue weighted by molar-refractivity contribution is -0.151. The van der Waals surface area contributed by atoms with Crippen LogP contribution in [0.4, 0.5) is 0 Å². The average Bonchev–Trinajstić information content (AvgIpc) is 2.78. The van der Waals surface area contributed by atoms with Gasteiger partial charge < -0.3 is 5.11 Å². The first kappa shape index (κ1) is 12.2. The van der Waals surface area contributed by atoms with Crippen LogP contribution in [0, 0.1) is 23.7 Å². The third-order valence-corrected chi connectivity index (χ3v) is 6.00. The number of aromatic nitrogens is 1. The zero-order valence-corrected chi connectivity index (χ0v) is 11.8. The van der Waals surface area contributed by atoms with Crippen LogP contribution in [-0.4, -0.2) is 10.1 Å². The van der Waals surface area contributed by atoms with Crippen LogP contribution in [0.15, 0.2) is 18.5 Å². The molecule has 3 atom stereocenters. The summed E-state index contributed by atoms with van der Waals surface area (Å²) in [6, 6.07) is 2.01. The maximum atomic E-state index is 11.6. The second-order valence-electron chi connectivity index (χ2n) is 7.12. The highest BCUT2D eigenvalue weighted by atomic mass is 16.3. The highest BCUT2D eigenvalue weighted by Gasteiger charge is 2.69. The summed E-state index contributed by atoms with van der Waals surface area (Å²) in [7, 11) is 0. The molecule has 0 spiro atoms. The monoisotopic (exact) mass is 245 g/mol. The summed E-state index contributed by atoms with van der Waals surface area (Å²) in [5.41, 5.74) is 1.42. The minimum absolute atomic E-state index is 0.00889. The fourth-order valence-corrected chi connectivity index (χ4v) is 4.77. The molecule has 2 heteroatoms. The molecule has 0 saturated heterocycles. The van der Waals surface area contributed by atoms with Crippen molar-refractivity contribution < 1.29 is 5.11 Å². The van der Waals surface area contributed by atoms with Gasteiger partial charge in [0.1, 0.15) is 5.60 Å². The quantitative estimate of drug-likeness (QED) is 0.822. The van der Waals surface area contributed by atoms with Crippen molar-refractivity contribution in [1.82, 2.24) is 4.98 Å². The molecule has 2 aliphatic rings. The molecular formula is C16H23NO. The van der Waals surface area contributed by atoms with E-state index in [1.54, 1.807) is 0 Å². The number of pyridine rings is 1. The molecule has 2 fully saturated rings. The number of aryl methyl sites for hydroxylation is 1. The molecule has 18 heavy (non-hydrogen) atoms. The largest absolute Gasteiger partial charge is 0.384 e. The molecule has 0 radical (unpaired) electrons. The van der Waals surface area contributed by atoms with Crippen molar-refractivity contribution in [2.45, 2.75) is 52.6 Å². The van der Waals surface area contributed by atoms with E-state index in [1.807, 2.05) is 18.5 Å². The molecule has 0 aliphatic heterocycles. The first-order chi connectivity index (χ1) is 8.33. The van der Waals surface area contributed by atoms with Crippen LogP contribution < -0.4 is 0 Å². The Labute approximate surface area is 109 Å². The van der Waals surface area contributed by atoms with Crippen LogP contribution in [-0.2, 0) is 5.60 Å². The van der Waals surface area contributed by atoms with E-state index < -0.39 is 5.60 Å². The summed E-state index contributed by atoms with van der Waals surface area (Å²) in [5, 5.41) is 11.6. The van der Waals surface area contributed by atoms with Crippen LogP contribution in [0.25, 0.3) is 0 Å². The van der Waals surface area contributed by atoms with E-state index >= 15 is 0 Å². The molecule has 1 aromatic rings. The zero-order chi connectivity index (χ0) is 13.2. The molecule has 98 valence electrons. The van der Waals surface area contributed by atoms with Crippen molar-refractivity contribution in [2.75, 3.05) is 0 Å². The molecule has 1 aromatic heterocycles. The maximum absolute atomic E-state index is 11.6. The number of rotatable bonds is 1. The Morgan fingerprint density at radius 2 is 2.06 bits per heavy atom. The van der Waals surface area contributed by atoms with Crippen LogP contribution in [0.2, 0.25) is 0 Å². The van der Waals surface area contributed by atoms with Gasteiger partial charge in [0.25, 0.3) is 0 Å². The molecule has 2 bridgehead atoms. The minimum atomic E-state index is -0.735. The summed E-state index contributed by atoms with van der Waals surface area (Å²) in [5.74, 6) is 0.632. The average molecular weight is 245 g/mol. The van der Waals surface area contributed by atoms with Crippen LogP contribution in [0.5, 0.6) is 0 Å². The third kappa shape index (κ3) is 1.15. The Kier molecular flexibility index (Phi) is 2.27. The van der Waals surface area contributed by atoms with Gasteiger partial charge in [0.05, 0.1) is 0 Å². The van der Waals surface area contributed by atoms with Crippen molar-refractivity contribution in [1.29, 1.82) is 0 Å². The first-order valence-electron chi connectivity index (χ1n) is 6.96. The van der Waals surface area contributed by atoms with Crippen molar-refractivity contribution in [3.63, 3.8) is 0 Å². The van der Waals surface area contributed by atoms with E-state index in [4.69, 9.17) is 0 Å². The Morgan fingerprint density at radius 3 is 2.61 bits per heavy atom. The summed E-state index contributed by atoms with van der Waals surface area (Å²) >= 11 is 0. The van der Waals surface area contributed by atoms with E-state index in [-0.39, 0.29) is 10.8 Å². The van der Waals surface area contributed by atoms with Gasteiger partial charge in [-0.3, -0.25) is 4.98 Å². The maximum Gasteiger partial charge on any atom is 0.102 e. The van der Waals surface area contributed by atoms with E-state index in [1.165, 1.54) is 6.42 Å². The van der Waals surface area contributed by atoms with Gasteiger partial charge in [-0.2, -0.15) is 0 Å². The first-order valence-corrected chi connectivity index (χ1v) is 6.96. The Bertz CT molecular complexity index is 489. The lowest BCUT2D eigenvalue weighted by Crippen LogP contribution is -2.51. The predicted octanol–water partition coefficient (Wildman–Crippen LogP) is 3.42. The van der Waals surface area contributed by atoms with Gasteiger partial charge in [-0.05, 0) is 43.7 Å². The van der Waals surface area contributed by atoms with Gasteiger partial charge in [-0.25, -0.2) is 0 Å². The SMILES string of the molecule is Cc1ccncc1C1(O)C2(C)CCC(C2)C1(C)C. The summed E-state index contributed by atoms with van der Waals surface area (Å²) in [4.78, 5) is 4.26. The van der Waals surface area contributed by atoms with Crippen molar-refractivity contribution in [3.8, 4) is 0 Å². The smallest absolute Gasteiger partial charge is 0.102 e. The highest BCUT2D eigenvalue weighted by Crippen LogP contribution is 2.71. The number of hydrogen-bond acceptors (Lipinski definition) is 2. The zero-order valence-electron chi connectivity index (χ0n) is 11.8. The summed E-state index contributed by atoms with van der Waals surface area (Å²) < 4.78 is 0. The van der Waals surface area contributed by atoms with Crippen LogP contribution in [0.1, 0.15) is 51.2 Å². The Morgan fingerprint density at radius 1 is 1.33 bits per heavy atom. The van der Waals surface area contributed by atoms with Gasteiger partial charge in [-0.15, -0.1) is 0 Å². The molecule has 3 unspecified atom stereocenters. The Hall–Kier alpha value is -0.890. The van der Waals surface area contributed by atoms with Crippen molar-refractivity contribution in [3.05, 3.63) is 29.6 Å². The Balaban J connectivity index is 2.23. The highest BCUT2D eigenvalue weighted by molar-refractivity contribution is 5.36. The van der Waals surface area contributed by atoms with Gasteiger partial charge in [0.15, 0.2) is 0 Å². The van der Waals surface area contributed by atoms with E-state index in [0.717, 1.165) is 24.0 Å². The number of fused-ring (bicyclic) bond motifs is 2. The van der Waals surface area contributed by atoms with Gasteiger partial charge in [-0.1, -0.05) is 20.8 Å². The molecule has 2 aliphatic carbocycles. The molecule has 2 saturated carbocycles. The molecule has 0 aromatic carbocycles. The van der Waals surface area contributed by atoms with Gasteiger partial charge >= 0.3 is 0 Å². The summed E-state index contributed by atoms with van der Waals surface area (Å²) in [6.45, 7) is 8.80. The fraction of sp³-hybridized carbons (Fsp3) is 0.688. The topological polar surface area (TPSA) is 33.1 Å². The molecular weight excluding hydrogens is 222 g/mol. The van der Waals surface area contributed by atoms with Gasteiger partial charge in [0, 0.05) is 28.8 Å². The second-order valence-corrected chi connectivity index (χ2v) is 7.12. The third-order valence-electron chi connectivity index (χ3n) is 6.00. The van der Waals surface area contributed by atoms with Crippen molar-refractivity contribution >= 4 is 0 Å². The standard InChI is InChI=1S/C16H23NO/c1-11-6-8-17-10-13(11)16(18)14(2,3)12-5-7-15(16,4)9-12/h6,8,10,12,18H,5,7,9H2,1-4H3. The molecule has 0 amide bonds. The molecule has 1 N–H and O–H groups in total. The van der Waals surface area contributed by atoms with E-state index in [9.17, 15) is 5.11 Å². The lowest BCUT2D eigenvalue weighted by Gasteiger charge is -2.51. The van der Waals surface area contributed by atoms with Gasteiger partial charge in [0.2, 0.25) is 0 Å². The minimum Gasteiger partial charge on any atom is -0.384 e. The lowest BCUT2D eigenvalue weighted by atomic mass is 9.57. The normalized spacial score (nSPS) is 41.3. The summed E-state index contributed by atoms with van der Waals surface area (Å²) in [6.07, 6.45) is 7.22. The van der Waals surface area contributed by atoms with Crippen molar-refractivity contribution in [2.24, 2.45) is 16.7 Å². The fourth-order valence-electron chi connectivity index (χ4n) is 4.77. The molecule has 2 nitrogen and oxygen atoms in total. The number of nitrogens with zero attached hydrogens (tertiary/aromatic N) is 1.